The van der Waals surface area contributed by atoms with Gasteiger partial charge < -0.3 is 9.84 Å². The van der Waals surface area contributed by atoms with E-state index in [0.29, 0.717) is 12.6 Å². The molecule has 1 aromatic carbocycles. The minimum absolute atomic E-state index is 0.144. The summed E-state index contributed by atoms with van der Waals surface area (Å²) in [4.78, 5) is 15.1. The molecule has 0 bridgehead atoms. The molecule has 108 valence electrons. The van der Waals surface area contributed by atoms with E-state index >= 15 is 0 Å². The Morgan fingerprint density at radius 1 is 1.25 bits per heavy atom. The van der Waals surface area contributed by atoms with Crippen molar-refractivity contribution in [2.75, 3.05) is 39.3 Å². The van der Waals surface area contributed by atoms with Crippen molar-refractivity contribution in [2.24, 2.45) is 0 Å². The monoisotopic (exact) mass is 276 g/mol. The number of nitrogens with zero attached hydrogens (tertiary/aromatic N) is 2. The van der Waals surface area contributed by atoms with Gasteiger partial charge in [0.15, 0.2) is 0 Å². The number of rotatable bonds is 3. The van der Waals surface area contributed by atoms with Gasteiger partial charge in [0.05, 0.1) is 25.8 Å². The third kappa shape index (κ3) is 2.85. The van der Waals surface area contributed by atoms with Gasteiger partial charge in [-0.25, -0.2) is 0 Å². The van der Waals surface area contributed by atoms with Crippen molar-refractivity contribution in [3.05, 3.63) is 35.4 Å². The predicted molar refractivity (Wildman–Crippen MR) is 74.5 cm³/mol. The summed E-state index contributed by atoms with van der Waals surface area (Å²) < 4.78 is 5.70. The molecule has 2 aliphatic heterocycles. The number of hydrogen-bond donors (Lipinski definition) is 1. The molecule has 0 amide bonds. The van der Waals surface area contributed by atoms with Gasteiger partial charge in [-0.15, -0.1) is 0 Å². The molecule has 1 saturated heterocycles. The lowest BCUT2D eigenvalue weighted by atomic mass is 9.97. The first-order valence-corrected chi connectivity index (χ1v) is 7.08. The molecule has 1 fully saturated rings. The van der Waals surface area contributed by atoms with E-state index in [0.717, 1.165) is 32.8 Å². The van der Waals surface area contributed by atoms with Crippen LogP contribution in [0.3, 0.4) is 0 Å². The van der Waals surface area contributed by atoms with Crippen molar-refractivity contribution in [3.8, 4) is 0 Å². The third-order valence-corrected chi connectivity index (χ3v) is 4.15. The van der Waals surface area contributed by atoms with Crippen LogP contribution in [0.4, 0.5) is 0 Å². The zero-order valence-corrected chi connectivity index (χ0v) is 11.5. The van der Waals surface area contributed by atoms with Crippen molar-refractivity contribution in [1.29, 1.82) is 0 Å². The maximum Gasteiger partial charge on any atom is 0.317 e. The van der Waals surface area contributed by atoms with E-state index in [1.54, 1.807) is 0 Å². The second kappa shape index (κ2) is 5.91. The van der Waals surface area contributed by atoms with E-state index < -0.39 is 5.97 Å². The fraction of sp³-hybridized carbons (Fsp3) is 0.533. The van der Waals surface area contributed by atoms with E-state index in [-0.39, 0.29) is 6.54 Å². The first-order chi connectivity index (χ1) is 9.74. The molecule has 0 radical (unpaired) electrons. The summed E-state index contributed by atoms with van der Waals surface area (Å²) in [7, 11) is 0. The van der Waals surface area contributed by atoms with Gasteiger partial charge in [0.25, 0.3) is 0 Å². The second-order valence-electron chi connectivity index (χ2n) is 5.44. The van der Waals surface area contributed by atoms with Crippen molar-refractivity contribution in [1.82, 2.24) is 9.80 Å². The molecule has 0 spiro atoms. The molecule has 5 heteroatoms. The molecule has 1 unspecified atom stereocenters. The Bertz CT molecular complexity index is 484. The number of piperazine rings is 1. The molecular formula is C15H20N2O3. The number of ether oxygens (including phenoxy) is 1. The third-order valence-electron chi connectivity index (χ3n) is 4.15. The van der Waals surface area contributed by atoms with Crippen LogP contribution in [0.5, 0.6) is 0 Å². The normalized spacial score (nSPS) is 24.3. The van der Waals surface area contributed by atoms with Gasteiger partial charge in [0.1, 0.15) is 0 Å². The number of fused-ring (bicyclic) bond motifs is 1. The van der Waals surface area contributed by atoms with Crippen LogP contribution >= 0.6 is 0 Å². The SMILES string of the molecule is O=C(O)CN1CCN(C2COCc3ccccc32)CC1. The molecule has 2 aliphatic rings. The number of carbonyl (C=O) groups is 1. The van der Waals surface area contributed by atoms with E-state index in [9.17, 15) is 4.79 Å². The Balaban J connectivity index is 1.66. The average molecular weight is 276 g/mol. The van der Waals surface area contributed by atoms with Crippen LogP contribution in [-0.4, -0.2) is 60.2 Å². The summed E-state index contributed by atoms with van der Waals surface area (Å²) >= 11 is 0. The zero-order chi connectivity index (χ0) is 13.9. The van der Waals surface area contributed by atoms with E-state index in [4.69, 9.17) is 9.84 Å². The second-order valence-corrected chi connectivity index (χ2v) is 5.44. The van der Waals surface area contributed by atoms with Gasteiger partial charge in [-0.05, 0) is 11.1 Å². The lowest BCUT2D eigenvalue weighted by Gasteiger charge is -2.40. The topological polar surface area (TPSA) is 53.0 Å². The highest BCUT2D eigenvalue weighted by Crippen LogP contribution is 2.29. The standard InChI is InChI=1S/C15H20N2O3/c18-15(19)9-16-5-7-17(8-6-16)14-11-20-10-12-3-1-2-4-13(12)14/h1-4,14H,5-11H2,(H,18,19). The molecule has 0 aliphatic carbocycles. The molecule has 1 atom stereocenters. The maximum atomic E-state index is 10.7. The van der Waals surface area contributed by atoms with Gasteiger partial charge in [-0.1, -0.05) is 24.3 Å². The Kier molecular flexibility index (Phi) is 4.00. The largest absolute Gasteiger partial charge is 0.480 e. The van der Waals surface area contributed by atoms with Crippen LogP contribution in [0.2, 0.25) is 0 Å². The van der Waals surface area contributed by atoms with Crippen molar-refractivity contribution in [3.63, 3.8) is 0 Å². The maximum absolute atomic E-state index is 10.7. The van der Waals surface area contributed by atoms with Crippen LogP contribution < -0.4 is 0 Å². The number of benzene rings is 1. The van der Waals surface area contributed by atoms with E-state index in [1.807, 2.05) is 4.90 Å². The lowest BCUT2D eigenvalue weighted by Crippen LogP contribution is -2.50. The number of carboxylic acid groups (broad SMARTS) is 1. The highest BCUT2D eigenvalue weighted by Gasteiger charge is 2.29. The van der Waals surface area contributed by atoms with Crippen LogP contribution in [0.1, 0.15) is 17.2 Å². The molecule has 1 aromatic rings. The fourth-order valence-corrected chi connectivity index (χ4v) is 3.09. The summed E-state index contributed by atoms with van der Waals surface area (Å²) in [6.07, 6.45) is 0. The summed E-state index contributed by atoms with van der Waals surface area (Å²) in [5.41, 5.74) is 2.64. The lowest BCUT2D eigenvalue weighted by molar-refractivity contribution is -0.138. The zero-order valence-electron chi connectivity index (χ0n) is 11.5. The van der Waals surface area contributed by atoms with Gasteiger partial charge >= 0.3 is 5.97 Å². The molecule has 0 aromatic heterocycles. The molecule has 20 heavy (non-hydrogen) atoms. The number of hydrogen-bond acceptors (Lipinski definition) is 4. The molecule has 2 heterocycles. The van der Waals surface area contributed by atoms with Crippen LogP contribution in [0.25, 0.3) is 0 Å². The molecule has 3 rings (SSSR count). The van der Waals surface area contributed by atoms with Gasteiger partial charge in [0, 0.05) is 26.2 Å². The summed E-state index contributed by atoms with van der Waals surface area (Å²) in [6.45, 7) is 4.99. The molecule has 5 nitrogen and oxygen atoms in total. The van der Waals surface area contributed by atoms with Gasteiger partial charge in [-0.3, -0.25) is 14.6 Å². The van der Waals surface area contributed by atoms with Gasteiger partial charge in [-0.2, -0.15) is 0 Å². The van der Waals surface area contributed by atoms with Crippen LogP contribution in [0.15, 0.2) is 24.3 Å². The minimum Gasteiger partial charge on any atom is -0.480 e. The summed E-state index contributed by atoms with van der Waals surface area (Å²) in [5, 5.41) is 8.84. The highest BCUT2D eigenvalue weighted by molar-refractivity contribution is 5.69. The quantitative estimate of drug-likeness (QED) is 0.891. The average Bonchev–Trinajstić information content (AvgIpc) is 2.47. The van der Waals surface area contributed by atoms with Crippen molar-refractivity contribution < 1.29 is 14.6 Å². The van der Waals surface area contributed by atoms with E-state index in [2.05, 4.69) is 29.2 Å². The Hall–Kier alpha value is -1.43. The van der Waals surface area contributed by atoms with Gasteiger partial charge in [0.2, 0.25) is 0 Å². The minimum atomic E-state index is -0.746. The molecule has 1 N–H and O–H groups in total. The van der Waals surface area contributed by atoms with Crippen molar-refractivity contribution >= 4 is 5.97 Å². The molecular weight excluding hydrogens is 256 g/mol. The van der Waals surface area contributed by atoms with Crippen LogP contribution in [0, 0.1) is 0 Å². The summed E-state index contributed by atoms with van der Waals surface area (Å²) in [5.74, 6) is -0.746. The highest BCUT2D eigenvalue weighted by atomic mass is 16.5. The number of carboxylic acids is 1. The van der Waals surface area contributed by atoms with Crippen molar-refractivity contribution in [2.45, 2.75) is 12.6 Å². The molecule has 0 saturated carbocycles. The number of aliphatic carboxylic acids is 1. The van der Waals surface area contributed by atoms with Crippen LogP contribution in [-0.2, 0) is 16.1 Å². The van der Waals surface area contributed by atoms with E-state index in [1.165, 1.54) is 11.1 Å². The predicted octanol–water partition coefficient (Wildman–Crippen LogP) is 0.960. The Labute approximate surface area is 118 Å². The Morgan fingerprint density at radius 3 is 2.75 bits per heavy atom. The Morgan fingerprint density at radius 2 is 2.00 bits per heavy atom. The first-order valence-electron chi connectivity index (χ1n) is 7.08. The smallest absolute Gasteiger partial charge is 0.317 e. The summed E-state index contributed by atoms with van der Waals surface area (Å²) in [6, 6.07) is 8.76. The first kappa shape index (κ1) is 13.5. The fourth-order valence-electron chi connectivity index (χ4n) is 3.09.